The molecule has 0 aliphatic rings. The molecule has 0 bridgehead atoms. The fourth-order valence-corrected chi connectivity index (χ4v) is 2.51. The number of hydrogen-bond acceptors (Lipinski definition) is 1. The lowest BCUT2D eigenvalue weighted by Gasteiger charge is -2.11. The maximum atomic E-state index is 14.0. The van der Waals surface area contributed by atoms with Crippen molar-refractivity contribution in [1.29, 1.82) is 0 Å². The number of rotatable bonds is 1. The van der Waals surface area contributed by atoms with Crippen LogP contribution in [0.4, 0.5) is 43.9 Å². The Bertz CT molecular complexity index is 1040. The van der Waals surface area contributed by atoms with Crippen molar-refractivity contribution in [3.63, 3.8) is 0 Å². The summed E-state index contributed by atoms with van der Waals surface area (Å²) in [7, 11) is 0. The minimum Gasteiger partial charge on any atom is -0.338 e. The van der Waals surface area contributed by atoms with Crippen LogP contribution in [-0.2, 0) is 18.5 Å². The van der Waals surface area contributed by atoms with Crippen molar-refractivity contribution in [3.8, 4) is 11.4 Å². The molecular weight excluding hydrogens is 410 g/mol. The summed E-state index contributed by atoms with van der Waals surface area (Å²) < 4.78 is 130. The van der Waals surface area contributed by atoms with E-state index in [2.05, 4.69) is 9.97 Å². The Balaban J connectivity index is 2.22. The van der Waals surface area contributed by atoms with Gasteiger partial charge in [0.2, 0.25) is 0 Å². The Morgan fingerprint density at radius 3 is 1.82 bits per heavy atom. The number of benzene rings is 2. The Hall–Kier alpha value is -2.79. The van der Waals surface area contributed by atoms with Gasteiger partial charge < -0.3 is 4.98 Å². The minimum absolute atomic E-state index is 0.105. The molecule has 3 aromatic rings. The lowest BCUT2D eigenvalue weighted by atomic mass is 10.1. The summed E-state index contributed by atoms with van der Waals surface area (Å²) in [5.41, 5.74) is -6.93. The molecule has 0 saturated heterocycles. The molecule has 28 heavy (non-hydrogen) atoms. The highest BCUT2D eigenvalue weighted by molar-refractivity contribution is 5.84. The van der Waals surface area contributed by atoms with E-state index in [1.54, 1.807) is 0 Å². The first-order chi connectivity index (χ1) is 12.7. The number of H-pyrrole nitrogens is 1. The van der Waals surface area contributed by atoms with Crippen molar-refractivity contribution in [3.05, 3.63) is 52.8 Å². The molecule has 0 saturated carbocycles. The van der Waals surface area contributed by atoms with Crippen LogP contribution in [0.15, 0.2) is 30.3 Å². The number of hydrogen-bond donors (Lipinski definition) is 1. The van der Waals surface area contributed by atoms with Crippen LogP contribution in [0, 0.1) is 5.82 Å². The molecule has 150 valence electrons. The van der Waals surface area contributed by atoms with Gasteiger partial charge >= 0.3 is 18.5 Å². The monoisotopic (exact) mass is 416 g/mol. The van der Waals surface area contributed by atoms with Crippen molar-refractivity contribution in [1.82, 2.24) is 9.97 Å². The summed E-state index contributed by atoms with van der Waals surface area (Å²) in [6.07, 6.45) is -15.2. The van der Waals surface area contributed by atoms with Gasteiger partial charge in [0.1, 0.15) is 17.2 Å². The van der Waals surface area contributed by atoms with Crippen LogP contribution in [0.1, 0.15) is 16.7 Å². The van der Waals surface area contributed by atoms with Crippen LogP contribution >= 0.6 is 0 Å². The van der Waals surface area contributed by atoms with E-state index in [-0.39, 0.29) is 12.1 Å². The second-order valence-electron chi connectivity index (χ2n) is 5.69. The number of nitrogens with zero attached hydrogens (tertiary/aromatic N) is 1. The van der Waals surface area contributed by atoms with E-state index in [1.807, 2.05) is 0 Å². The summed E-state index contributed by atoms with van der Waals surface area (Å²) in [6.45, 7) is 0. The first-order valence-electron chi connectivity index (χ1n) is 7.23. The molecule has 1 heterocycles. The number of halogens is 10. The van der Waals surface area contributed by atoms with Gasteiger partial charge in [-0.2, -0.15) is 39.5 Å². The van der Waals surface area contributed by atoms with Gasteiger partial charge in [-0.3, -0.25) is 0 Å². The fourth-order valence-electron chi connectivity index (χ4n) is 2.51. The summed E-state index contributed by atoms with van der Waals surface area (Å²) in [5, 5.41) is 0. The predicted octanol–water partition coefficient (Wildman–Crippen LogP) is 6.43. The number of aromatic nitrogens is 2. The van der Waals surface area contributed by atoms with Gasteiger partial charge in [0.15, 0.2) is 0 Å². The molecule has 2 nitrogen and oxygen atoms in total. The maximum Gasteiger partial charge on any atom is 0.418 e. The highest BCUT2D eigenvalue weighted by Crippen LogP contribution is 2.40. The summed E-state index contributed by atoms with van der Waals surface area (Å²) in [4.78, 5) is 5.56. The molecule has 0 radical (unpaired) electrons. The van der Waals surface area contributed by atoms with Crippen molar-refractivity contribution in [2.45, 2.75) is 18.5 Å². The van der Waals surface area contributed by atoms with Gasteiger partial charge in [-0.15, -0.1) is 0 Å². The average molecular weight is 416 g/mol. The second kappa shape index (κ2) is 6.11. The molecule has 0 amide bonds. The predicted molar refractivity (Wildman–Crippen MR) is 76.5 cm³/mol. The van der Waals surface area contributed by atoms with Crippen molar-refractivity contribution in [2.24, 2.45) is 0 Å². The molecule has 3 rings (SSSR count). The topological polar surface area (TPSA) is 28.7 Å². The fraction of sp³-hybridized carbons (Fsp3) is 0.188. The quantitative estimate of drug-likeness (QED) is 0.456. The van der Waals surface area contributed by atoms with E-state index in [1.165, 1.54) is 0 Å². The van der Waals surface area contributed by atoms with Crippen LogP contribution in [0.25, 0.3) is 22.4 Å². The van der Waals surface area contributed by atoms with E-state index in [0.29, 0.717) is 18.2 Å². The molecule has 0 fully saturated rings. The lowest BCUT2D eigenvalue weighted by Crippen LogP contribution is -2.11. The van der Waals surface area contributed by atoms with Gasteiger partial charge in [-0.1, -0.05) is 0 Å². The minimum atomic E-state index is -5.20. The first-order valence-corrected chi connectivity index (χ1v) is 7.23. The van der Waals surface area contributed by atoms with E-state index in [0.717, 1.165) is 0 Å². The molecule has 1 N–H and O–H groups in total. The van der Waals surface area contributed by atoms with Crippen molar-refractivity contribution >= 4 is 11.0 Å². The zero-order chi connectivity index (χ0) is 21.1. The highest BCUT2D eigenvalue weighted by Gasteiger charge is 2.39. The largest absolute Gasteiger partial charge is 0.418 e. The summed E-state index contributed by atoms with van der Waals surface area (Å²) >= 11 is 0. The SMILES string of the molecule is Fc1cc(C(F)(F)F)ccc1-c1nc2c(C(F)(F)F)cc(C(F)(F)F)cc2[nH]1. The molecule has 0 aliphatic carbocycles. The average Bonchev–Trinajstić information content (AvgIpc) is 2.94. The van der Waals surface area contributed by atoms with Gasteiger partial charge in [-0.25, -0.2) is 9.37 Å². The maximum absolute atomic E-state index is 14.0. The molecule has 1 aromatic heterocycles. The zero-order valence-electron chi connectivity index (χ0n) is 13.1. The highest BCUT2D eigenvalue weighted by atomic mass is 19.4. The molecular formula is C16H6F10N2. The van der Waals surface area contributed by atoms with Crippen LogP contribution in [0.2, 0.25) is 0 Å². The molecule has 0 unspecified atom stereocenters. The lowest BCUT2D eigenvalue weighted by molar-refractivity contribution is -0.142. The van der Waals surface area contributed by atoms with E-state index >= 15 is 0 Å². The normalized spacial score (nSPS) is 13.4. The zero-order valence-corrected chi connectivity index (χ0v) is 13.1. The summed E-state index contributed by atoms with van der Waals surface area (Å²) in [6, 6.07) is 1.40. The Morgan fingerprint density at radius 1 is 0.714 bits per heavy atom. The third-order valence-corrected chi connectivity index (χ3v) is 3.77. The summed E-state index contributed by atoms with van der Waals surface area (Å²) in [5.74, 6) is -2.11. The third kappa shape index (κ3) is 3.62. The van der Waals surface area contributed by atoms with Crippen molar-refractivity contribution < 1.29 is 43.9 Å². The molecule has 2 aromatic carbocycles. The number of fused-ring (bicyclic) bond motifs is 1. The van der Waals surface area contributed by atoms with E-state index < -0.39 is 63.5 Å². The number of imidazole rings is 1. The Labute approximate surface area is 148 Å². The second-order valence-corrected chi connectivity index (χ2v) is 5.69. The Morgan fingerprint density at radius 2 is 1.32 bits per heavy atom. The smallest absolute Gasteiger partial charge is 0.338 e. The van der Waals surface area contributed by atoms with Gasteiger partial charge in [-0.05, 0) is 30.3 Å². The molecule has 0 spiro atoms. The number of alkyl halides is 9. The van der Waals surface area contributed by atoms with Gasteiger partial charge in [0, 0.05) is 0 Å². The van der Waals surface area contributed by atoms with Crippen LogP contribution in [0.3, 0.4) is 0 Å². The standard InChI is InChI=1S/C16H6F10N2/c17-10-4-6(14(18,19)20)1-2-8(10)13-27-11-5-7(15(21,22)23)3-9(12(11)28-13)16(24,25)26/h1-5H,(H,27,28). The molecule has 0 aliphatic heterocycles. The Kier molecular flexibility index (Phi) is 4.35. The number of aromatic amines is 1. The van der Waals surface area contributed by atoms with Gasteiger partial charge in [0.25, 0.3) is 0 Å². The van der Waals surface area contributed by atoms with Crippen LogP contribution < -0.4 is 0 Å². The molecule has 12 heteroatoms. The van der Waals surface area contributed by atoms with Crippen LogP contribution in [-0.4, -0.2) is 9.97 Å². The van der Waals surface area contributed by atoms with Crippen molar-refractivity contribution in [2.75, 3.05) is 0 Å². The molecule has 0 atom stereocenters. The first kappa shape index (κ1) is 20.0. The third-order valence-electron chi connectivity index (χ3n) is 3.77. The van der Waals surface area contributed by atoms with E-state index in [4.69, 9.17) is 0 Å². The van der Waals surface area contributed by atoms with E-state index in [9.17, 15) is 43.9 Å². The number of nitrogens with one attached hydrogen (secondary N) is 1. The van der Waals surface area contributed by atoms with Crippen LogP contribution in [0.5, 0.6) is 0 Å². The van der Waals surface area contributed by atoms with Gasteiger partial charge in [0.05, 0.1) is 27.8 Å².